The van der Waals surface area contributed by atoms with E-state index >= 15 is 0 Å². The van der Waals surface area contributed by atoms with E-state index in [1.54, 1.807) is 0 Å². The van der Waals surface area contributed by atoms with Gasteiger partial charge in [0.25, 0.3) is 0 Å². The Bertz CT molecular complexity index is 1520. The Labute approximate surface area is 249 Å². The molecule has 0 aromatic heterocycles. The van der Waals surface area contributed by atoms with Crippen LogP contribution in [0.25, 0.3) is 6.08 Å². The zero-order valence-electron chi connectivity index (χ0n) is 22.8. The van der Waals surface area contributed by atoms with E-state index in [1.807, 2.05) is 0 Å². The summed E-state index contributed by atoms with van der Waals surface area (Å²) in [5.41, 5.74) is -5.11. The van der Waals surface area contributed by atoms with Crippen LogP contribution in [-0.2, 0) is 19.1 Å². The number of carbonyl (C=O) groups excluding carboxylic acids is 2. The van der Waals surface area contributed by atoms with E-state index < -0.39 is 95.3 Å². The Morgan fingerprint density at radius 1 is 0.864 bits per heavy atom. The lowest BCUT2D eigenvalue weighted by Crippen LogP contribution is -2.71. The number of aliphatic hydroxyl groups excluding tert-OH is 6. The molecule has 2 aliphatic rings. The molecule has 2 aromatic carbocycles. The van der Waals surface area contributed by atoms with Crippen LogP contribution in [0.15, 0.2) is 77.3 Å². The number of ether oxygens (including phenoxy) is 1. The topological polar surface area (TPSA) is 263 Å². The molecule has 0 bridgehead atoms. The Morgan fingerprint density at radius 2 is 1.43 bits per heavy atom. The second-order valence-corrected chi connectivity index (χ2v) is 10.4. The van der Waals surface area contributed by atoms with Gasteiger partial charge in [-0.15, -0.1) is 0 Å². The van der Waals surface area contributed by atoms with Crippen LogP contribution in [0, 0.1) is 0 Å². The number of aliphatic hydroxyl groups is 7. The monoisotopic (exact) mass is 614 g/mol. The molecule has 0 amide bonds. The normalized spacial score (nSPS) is 29.6. The number of carboxylic acid groups (broad SMARTS) is 1. The molecule has 1 heterocycles. The van der Waals surface area contributed by atoms with Crippen LogP contribution in [-0.4, -0.2) is 111 Å². The first-order valence-electron chi connectivity index (χ1n) is 13.2. The maximum atomic E-state index is 14.1. The molecule has 234 valence electrons. The highest BCUT2D eigenvalue weighted by atomic mass is 16.6. The molecule has 14 heteroatoms. The quantitative estimate of drug-likeness (QED) is 0.104. The van der Waals surface area contributed by atoms with E-state index in [1.165, 1.54) is 42.5 Å². The van der Waals surface area contributed by atoms with Gasteiger partial charge in [-0.1, -0.05) is 30.3 Å². The molecule has 7 atom stereocenters. The molecule has 1 fully saturated rings. The molecular weight excluding hydrogens is 584 g/mol. The minimum Gasteiger partial charge on any atom is -0.508 e. The van der Waals surface area contributed by atoms with Gasteiger partial charge in [-0.3, -0.25) is 14.4 Å². The Hall–Kier alpha value is -4.57. The van der Waals surface area contributed by atoms with Crippen LogP contribution in [0.3, 0.4) is 0 Å². The first kappa shape index (κ1) is 32.3. The van der Waals surface area contributed by atoms with Gasteiger partial charge in [0, 0.05) is 11.5 Å². The molecule has 0 spiro atoms. The van der Waals surface area contributed by atoms with Crippen molar-refractivity contribution < 1.29 is 70.2 Å². The smallest absolute Gasteiger partial charge is 0.304 e. The lowest BCUT2D eigenvalue weighted by Gasteiger charge is -2.47. The second-order valence-electron chi connectivity index (χ2n) is 10.4. The van der Waals surface area contributed by atoms with Crippen LogP contribution >= 0.6 is 0 Å². The number of benzene rings is 2. The molecule has 1 aliphatic heterocycles. The average molecular weight is 615 g/mol. The number of carboxylic acids is 1. The summed E-state index contributed by atoms with van der Waals surface area (Å²) in [5, 5.41) is 104. The van der Waals surface area contributed by atoms with Gasteiger partial charge in [0.15, 0.2) is 0 Å². The van der Waals surface area contributed by atoms with Gasteiger partial charge in [0.1, 0.15) is 59.1 Å². The number of Topliss-reactive ketones (excluding diaryl/α,β-unsaturated/α-hetero) is 2. The van der Waals surface area contributed by atoms with Gasteiger partial charge in [0.2, 0.25) is 17.2 Å². The first-order chi connectivity index (χ1) is 20.7. The van der Waals surface area contributed by atoms with Crippen molar-refractivity contribution in [1.29, 1.82) is 0 Å². The third-order valence-electron chi connectivity index (χ3n) is 7.57. The Balaban J connectivity index is 1.98. The van der Waals surface area contributed by atoms with Gasteiger partial charge in [0.05, 0.1) is 13.0 Å². The number of phenols is 2. The van der Waals surface area contributed by atoms with Gasteiger partial charge < -0.3 is 55.8 Å². The number of hydrogen-bond donors (Lipinski definition) is 10. The van der Waals surface area contributed by atoms with E-state index in [4.69, 9.17) is 4.74 Å². The molecule has 4 rings (SSSR count). The fraction of sp³-hybridized carbons (Fsp3) is 0.300. The molecule has 10 N–H and O–H groups in total. The summed E-state index contributed by atoms with van der Waals surface area (Å²) in [6, 6.07) is 10.2. The molecule has 14 nitrogen and oxygen atoms in total. The van der Waals surface area contributed by atoms with Gasteiger partial charge in [-0.25, -0.2) is 0 Å². The zero-order valence-corrected chi connectivity index (χ0v) is 22.8. The summed E-state index contributed by atoms with van der Waals surface area (Å²) in [7, 11) is 0. The highest BCUT2D eigenvalue weighted by molar-refractivity contribution is 6.28. The van der Waals surface area contributed by atoms with Crippen LogP contribution in [0.5, 0.6) is 11.5 Å². The number of allylic oxidation sites excluding steroid dienone is 2. The standard InChI is InChI=1S/C30H30O14/c31-12-19-23(37)25(39)26(40)29(44-19)30(43)27(41)21(17(11-20(35)36)14-4-8-16(33)9-5-14)24(38)22(28(30)42)18(34)10-3-13-1-6-15(32)7-2-13/h1-10,17,19,23,25-26,29,31-34,37-40,43H,11-12H2,(H,35,36)/b10-3+,22-18?/t17-,19-,23-,25-,26+,29+,30+/m0/s1. The van der Waals surface area contributed by atoms with Crippen molar-refractivity contribution in [2.24, 2.45) is 0 Å². The van der Waals surface area contributed by atoms with E-state index in [0.717, 1.165) is 18.2 Å². The SMILES string of the molecule is O=C(O)C[C@H](C1=C(O)C(=C(O)/C=C/c2ccc(O)cc2)C(=O)[C@@](O)([C@@H]2O[C@@H](CO)[C@H](O)[C@H](O)[C@H]2O)C1=O)c1ccc(O)cc1. The van der Waals surface area contributed by atoms with Gasteiger partial charge in [-0.2, -0.15) is 0 Å². The predicted octanol–water partition coefficient (Wildman–Crippen LogP) is -0.281. The fourth-order valence-electron chi connectivity index (χ4n) is 5.23. The van der Waals surface area contributed by atoms with Crippen LogP contribution in [0.4, 0.5) is 0 Å². The predicted molar refractivity (Wildman–Crippen MR) is 148 cm³/mol. The van der Waals surface area contributed by atoms with Crippen molar-refractivity contribution in [3.63, 3.8) is 0 Å². The van der Waals surface area contributed by atoms with Crippen molar-refractivity contribution in [3.05, 3.63) is 88.4 Å². The fourth-order valence-corrected chi connectivity index (χ4v) is 5.23. The summed E-state index contributed by atoms with van der Waals surface area (Å²) >= 11 is 0. The first-order valence-corrected chi connectivity index (χ1v) is 13.2. The Morgan fingerprint density at radius 3 is 1.98 bits per heavy atom. The van der Waals surface area contributed by atoms with Crippen LogP contribution in [0.1, 0.15) is 23.5 Å². The minimum atomic E-state index is -3.54. The summed E-state index contributed by atoms with van der Waals surface area (Å²) in [5.74, 6) is -9.00. The minimum absolute atomic E-state index is 0.0177. The summed E-state index contributed by atoms with van der Waals surface area (Å²) in [6.45, 7) is -0.994. The number of rotatable bonds is 8. The summed E-state index contributed by atoms with van der Waals surface area (Å²) < 4.78 is 5.35. The number of hydrogen-bond acceptors (Lipinski definition) is 13. The van der Waals surface area contributed by atoms with Crippen molar-refractivity contribution in [1.82, 2.24) is 0 Å². The number of aromatic hydroxyl groups is 2. The van der Waals surface area contributed by atoms with Crippen molar-refractivity contribution in [3.8, 4) is 11.5 Å². The van der Waals surface area contributed by atoms with Crippen LogP contribution in [0.2, 0.25) is 0 Å². The maximum Gasteiger partial charge on any atom is 0.304 e. The molecule has 44 heavy (non-hydrogen) atoms. The number of phenolic OH excluding ortho intramolecular Hbond substituents is 2. The molecular formula is C30H30O14. The molecule has 0 radical (unpaired) electrons. The van der Waals surface area contributed by atoms with E-state index in [2.05, 4.69) is 0 Å². The second kappa shape index (κ2) is 12.6. The number of carbonyl (C=O) groups is 3. The molecule has 1 aliphatic carbocycles. The van der Waals surface area contributed by atoms with Crippen molar-refractivity contribution >= 4 is 23.6 Å². The van der Waals surface area contributed by atoms with E-state index in [-0.39, 0.29) is 17.1 Å². The summed E-state index contributed by atoms with van der Waals surface area (Å²) in [4.78, 5) is 39.8. The maximum absolute atomic E-state index is 14.1. The Kier molecular flexibility index (Phi) is 9.25. The number of ketones is 2. The third kappa shape index (κ3) is 5.81. The highest BCUT2D eigenvalue weighted by Gasteiger charge is 2.64. The van der Waals surface area contributed by atoms with E-state index in [0.29, 0.717) is 5.56 Å². The molecule has 1 saturated heterocycles. The third-order valence-corrected chi connectivity index (χ3v) is 7.57. The average Bonchev–Trinajstić information content (AvgIpc) is 2.98. The van der Waals surface area contributed by atoms with Crippen molar-refractivity contribution in [2.75, 3.05) is 6.61 Å². The van der Waals surface area contributed by atoms with Crippen LogP contribution < -0.4 is 0 Å². The number of aliphatic carboxylic acids is 1. The van der Waals surface area contributed by atoms with E-state index in [9.17, 15) is 65.4 Å². The molecule has 0 saturated carbocycles. The lowest BCUT2D eigenvalue weighted by molar-refractivity contribution is -0.260. The highest BCUT2D eigenvalue weighted by Crippen LogP contribution is 2.44. The van der Waals surface area contributed by atoms with Gasteiger partial charge >= 0.3 is 5.97 Å². The van der Waals surface area contributed by atoms with Gasteiger partial charge in [-0.05, 0) is 41.5 Å². The molecule has 2 aromatic rings. The van der Waals surface area contributed by atoms with Crippen molar-refractivity contribution in [2.45, 2.75) is 48.5 Å². The summed E-state index contributed by atoms with van der Waals surface area (Å²) in [6.07, 6.45) is -9.28. The lowest BCUT2D eigenvalue weighted by atomic mass is 9.67. The molecule has 0 unspecified atom stereocenters. The zero-order chi connectivity index (χ0) is 32.5. The largest absolute Gasteiger partial charge is 0.508 e.